The van der Waals surface area contributed by atoms with Crippen molar-refractivity contribution in [1.29, 1.82) is 0 Å². The normalized spacial score (nSPS) is 11.7. The van der Waals surface area contributed by atoms with Crippen LogP contribution in [0.1, 0.15) is 17.5 Å². The van der Waals surface area contributed by atoms with Gasteiger partial charge in [-0.15, -0.1) is 0 Å². The smallest absolute Gasteiger partial charge is 0.222 e. The molecule has 3 N–H and O–H groups in total. The zero-order chi connectivity index (χ0) is 17.4. The Hall–Kier alpha value is -2.76. The van der Waals surface area contributed by atoms with Gasteiger partial charge in [0, 0.05) is 25.4 Å². The van der Waals surface area contributed by atoms with E-state index in [2.05, 4.69) is 10.3 Å². The first kappa shape index (κ1) is 17.6. The molecule has 2 aromatic rings. The Morgan fingerprint density at radius 3 is 2.38 bits per heavy atom. The summed E-state index contributed by atoms with van der Waals surface area (Å²) >= 11 is 0. The third-order valence-electron chi connectivity index (χ3n) is 3.73. The summed E-state index contributed by atoms with van der Waals surface area (Å²) in [5.41, 5.74) is 7.22. The standard InChI is InChI=1S/C18H20FN3O2/c19-16-4-1-14(2-5-16)11-15(18(20)24)12-22-17(23)6-3-13-7-9-21-10-8-13/h1-2,4-5,7-10,15H,3,6,11-12H2,(H2,20,24)(H,22,23). The minimum absolute atomic E-state index is 0.142. The number of primary amides is 1. The Bertz CT molecular complexity index is 674. The Labute approximate surface area is 140 Å². The van der Waals surface area contributed by atoms with E-state index in [0.29, 0.717) is 19.3 Å². The van der Waals surface area contributed by atoms with E-state index < -0.39 is 11.8 Å². The number of carbonyl (C=O) groups is 2. The molecule has 126 valence electrons. The number of halogens is 1. The van der Waals surface area contributed by atoms with E-state index >= 15 is 0 Å². The van der Waals surface area contributed by atoms with Crippen LogP contribution in [0.15, 0.2) is 48.8 Å². The SMILES string of the molecule is NC(=O)C(CNC(=O)CCc1ccncc1)Cc1ccc(F)cc1. The molecule has 2 rings (SSSR count). The van der Waals surface area contributed by atoms with Crippen LogP contribution in [0.4, 0.5) is 4.39 Å². The lowest BCUT2D eigenvalue weighted by molar-refractivity contribution is -0.123. The van der Waals surface area contributed by atoms with E-state index in [-0.39, 0.29) is 18.3 Å². The summed E-state index contributed by atoms with van der Waals surface area (Å²) in [5, 5.41) is 2.74. The van der Waals surface area contributed by atoms with Crippen LogP contribution in [0.3, 0.4) is 0 Å². The molecule has 1 unspecified atom stereocenters. The number of rotatable bonds is 8. The number of hydrogen-bond acceptors (Lipinski definition) is 3. The topological polar surface area (TPSA) is 85.1 Å². The van der Waals surface area contributed by atoms with Crippen LogP contribution in [-0.2, 0) is 22.4 Å². The van der Waals surface area contributed by atoms with E-state index in [1.54, 1.807) is 24.5 Å². The molecule has 0 aliphatic rings. The van der Waals surface area contributed by atoms with E-state index in [4.69, 9.17) is 5.73 Å². The summed E-state index contributed by atoms with van der Waals surface area (Å²) in [6.45, 7) is 0.169. The summed E-state index contributed by atoms with van der Waals surface area (Å²) in [6.07, 6.45) is 4.65. The molecule has 24 heavy (non-hydrogen) atoms. The Kier molecular flexibility index (Phi) is 6.42. The maximum Gasteiger partial charge on any atom is 0.222 e. The second-order valence-corrected chi connectivity index (χ2v) is 5.59. The molecule has 6 heteroatoms. The number of aromatic nitrogens is 1. The average Bonchev–Trinajstić information content (AvgIpc) is 2.59. The number of nitrogens with zero attached hydrogens (tertiary/aromatic N) is 1. The number of aryl methyl sites for hydroxylation is 1. The molecule has 0 saturated heterocycles. The molecule has 1 aromatic carbocycles. The second-order valence-electron chi connectivity index (χ2n) is 5.59. The van der Waals surface area contributed by atoms with Gasteiger partial charge in [-0.05, 0) is 48.2 Å². The number of nitrogens with one attached hydrogen (secondary N) is 1. The van der Waals surface area contributed by atoms with Crippen molar-refractivity contribution in [2.24, 2.45) is 11.7 Å². The van der Waals surface area contributed by atoms with Gasteiger partial charge in [-0.3, -0.25) is 14.6 Å². The van der Waals surface area contributed by atoms with Gasteiger partial charge in [0.1, 0.15) is 5.82 Å². The van der Waals surface area contributed by atoms with Gasteiger partial charge in [-0.2, -0.15) is 0 Å². The van der Waals surface area contributed by atoms with Gasteiger partial charge in [-0.1, -0.05) is 12.1 Å². The first-order valence-corrected chi connectivity index (χ1v) is 7.74. The van der Waals surface area contributed by atoms with Crippen LogP contribution < -0.4 is 11.1 Å². The van der Waals surface area contributed by atoms with Crippen LogP contribution in [0.5, 0.6) is 0 Å². The van der Waals surface area contributed by atoms with Gasteiger partial charge in [0.05, 0.1) is 5.92 Å². The molecular formula is C18H20FN3O2. The zero-order valence-electron chi connectivity index (χ0n) is 13.2. The van der Waals surface area contributed by atoms with E-state index in [9.17, 15) is 14.0 Å². The largest absolute Gasteiger partial charge is 0.369 e. The van der Waals surface area contributed by atoms with Crippen molar-refractivity contribution in [2.75, 3.05) is 6.54 Å². The summed E-state index contributed by atoms with van der Waals surface area (Å²) in [6, 6.07) is 9.59. The number of nitrogens with two attached hydrogens (primary N) is 1. The highest BCUT2D eigenvalue weighted by Crippen LogP contribution is 2.10. The van der Waals surface area contributed by atoms with E-state index in [1.165, 1.54) is 12.1 Å². The van der Waals surface area contributed by atoms with E-state index in [0.717, 1.165) is 11.1 Å². The number of amides is 2. The Morgan fingerprint density at radius 1 is 1.08 bits per heavy atom. The van der Waals surface area contributed by atoms with E-state index in [1.807, 2.05) is 12.1 Å². The van der Waals surface area contributed by atoms with Gasteiger partial charge in [0.15, 0.2) is 0 Å². The zero-order valence-corrected chi connectivity index (χ0v) is 13.2. The monoisotopic (exact) mass is 329 g/mol. The minimum Gasteiger partial charge on any atom is -0.369 e. The maximum atomic E-state index is 12.9. The molecule has 0 aliphatic carbocycles. The van der Waals surface area contributed by atoms with Crippen molar-refractivity contribution < 1.29 is 14.0 Å². The molecular weight excluding hydrogens is 309 g/mol. The number of pyridine rings is 1. The molecule has 0 spiro atoms. The molecule has 0 fully saturated rings. The van der Waals surface area contributed by atoms with Crippen molar-refractivity contribution in [3.8, 4) is 0 Å². The third-order valence-corrected chi connectivity index (χ3v) is 3.73. The highest BCUT2D eigenvalue weighted by atomic mass is 19.1. The molecule has 1 heterocycles. The molecule has 1 atom stereocenters. The highest BCUT2D eigenvalue weighted by molar-refractivity contribution is 5.80. The summed E-state index contributed by atoms with van der Waals surface area (Å²) in [4.78, 5) is 27.4. The van der Waals surface area contributed by atoms with Gasteiger partial charge in [0.2, 0.25) is 11.8 Å². The molecule has 0 saturated carbocycles. The van der Waals surface area contributed by atoms with Crippen molar-refractivity contribution in [2.45, 2.75) is 19.3 Å². The number of carbonyl (C=O) groups excluding carboxylic acids is 2. The summed E-state index contributed by atoms with van der Waals surface area (Å²) in [5.74, 6) is -1.50. The lowest BCUT2D eigenvalue weighted by Crippen LogP contribution is -2.37. The molecule has 0 aliphatic heterocycles. The number of benzene rings is 1. The second kappa shape index (κ2) is 8.76. The van der Waals surface area contributed by atoms with Gasteiger partial charge >= 0.3 is 0 Å². The number of hydrogen-bond donors (Lipinski definition) is 2. The molecule has 5 nitrogen and oxygen atoms in total. The maximum absolute atomic E-state index is 12.9. The Morgan fingerprint density at radius 2 is 1.75 bits per heavy atom. The van der Waals surface area contributed by atoms with Crippen molar-refractivity contribution >= 4 is 11.8 Å². The first-order chi connectivity index (χ1) is 11.5. The fraction of sp³-hybridized carbons (Fsp3) is 0.278. The van der Waals surface area contributed by atoms with Crippen molar-refractivity contribution in [3.63, 3.8) is 0 Å². The fourth-order valence-corrected chi connectivity index (χ4v) is 2.31. The molecule has 0 bridgehead atoms. The van der Waals surface area contributed by atoms with Gasteiger partial charge in [0.25, 0.3) is 0 Å². The fourth-order valence-electron chi connectivity index (χ4n) is 2.31. The Balaban J connectivity index is 1.81. The molecule has 1 aromatic heterocycles. The van der Waals surface area contributed by atoms with Crippen LogP contribution in [0.2, 0.25) is 0 Å². The average molecular weight is 329 g/mol. The predicted octanol–water partition coefficient (Wildman–Crippen LogP) is 1.61. The van der Waals surface area contributed by atoms with Crippen molar-refractivity contribution in [1.82, 2.24) is 10.3 Å². The van der Waals surface area contributed by atoms with Crippen LogP contribution in [0.25, 0.3) is 0 Å². The molecule has 0 radical (unpaired) electrons. The van der Waals surface area contributed by atoms with Gasteiger partial charge in [-0.25, -0.2) is 4.39 Å². The summed E-state index contributed by atoms with van der Waals surface area (Å²) in [7, 11) is 0. The lowest BCUT2D eigenvalue weighted by atomic mass is 9.98. The molecule has 2 amide bonds. The van der Waals surface area contributed by atoms with Crippen LogP contribution >= 0.6 is 0 Å². The van der Waals surface area contributed by atoms with Crippen LogP contribution in [-0.4, -0.2) is 23.3 Å². The quantitative estimate of drug-likeness (QED) is 0.771. The third kappa shape index (κ3) is 5.79. The highest BCUT2D eigenvalue weighted by Gasteiger charge is 2.17. The lowest BCUT2D eigenvalue weighted by Gasteiger charge is -2.14. The first-order valence-electron chi connectivity index (χ1n) is 7.74. The summed E-state index contributed by atoms with van der Waals surface area (Å²) < 4.78 is 12.9. The van der Waals surface area contributed by atoms with Crippen molar-refractivity contribution in [3.05, 3.63) is 65.7 Å². The minimum atomic E-state index is -0.527. The van der Waals surface area contributed by atoms with Crippen LogP contribution in [0, 0.1) is 11.7 Å². The predicted molar refractivity (Wildman–Crippen MR) is 88.4 cm³/mol. The van der Waals surface area contributed by atoms with Gasteiger partial charge < -0.3 is 11.1 Å².